The van der Waals surface area contributed by atoms with Gasteiger partial charge in [-0.3, -0.25) is 4.79 Å². The predicted molar refractivity (Wildman–Crippen MR) is 81.7 cm³/mol. The van der Waals surface area contributed by atoms with E-state index in [9.17, 15) is 17.6 Å². The molecule has 0 spiro atoms. The Hall–Kier alpha value is -1.96. The zero-order chi connectivity index (χ0) is 16.2. The van der Waals surface area contributed by atoms with Crippen LogP contribution in [0.1, 0.15) is 0 Å². The Morgan fingerprint density at radius 1 is 1.05 bits per heavy atom. The lowest BCUT2D eigenvalue weighted by Gasteiger charge is -2.08. The van der Waals surface area contributed by atoms with E-state index >= 15 is 0 Å². The summed E-state index contributed by atoms with van der Waals surface area (Å²) in [6.45, 7) is -0.442. The van der Waals surface area contributed by atoms with Crippen LogP contribution < -0.4 is 10.0 Å². The molecule has 2 rings (SSSR count). The van der Waals surface area contributed by atoms with Gasteiger partial charge in [-0.2, -0.15) is 0 Å². The number of hydrogen-bond donors (Lipinski definition) is 2. The maximum absolute atomic E-state index is 12.8. The minimum absolute atomic E-state index is 0.117. The van der Waals surface area contributed by atoms with E-state index in [0.717, 1.165) is 24.3 Å². The Morgan fingerprint density at radius 3 is 2.23 bits per heavy atom. The van der Waals surface area contributed by atoms with E-state index in [4.69, 9.17) is 11.6 Å². The first-order valence-corrected chi connectivity index (χ1v) is 8.03. The van der Waals surface area contributed by atoms with Crippen molar-refractivity contribution in [1.29, 1.82) is 0 Å². The van der Waals surface area contributed by atoms with Crippen molar-refractivity contribution in [3.8, 4) is 0 Å². The van der Waals surface area contributed by atoms with Crippen molar-refractivity contribution in [3.05, 3.63) is 59.4 Å². The molecule has 116 valence electrons. The maximum Gasteiger partial charge on any atom is 0.241 e. The van der Waals surface area contributed by atoms with Gasteiger partial charge >= 0.3 is 0 Å². The van der Waals surface area contributed by atoms with Gasteiger partial charge in [-0.1, -0.05) is 11.6 Å². The Bertz CT molecular complexity index is 762. The van der Waals surface area contributed by atoms with Crippen LogP contribution in [0, 0.1) is 5.82 Å². The van der Waals surface area contributed by atoms with Crippen LogP contribution in [0.3, 0.4) is 0 Å². The van der Waals surface area contributed by atoms with Gasteiger partial charge in [0.15, 0.2) is 0 Å². The lowest BCUT2D eigenvalue weighted by Crippen LogP contribution is -2.32. The normalized spacial score (nSPS) is 11.2. The number of carbonyl (C=O) groups excluding carboxylic acids is 1. The third-order valence-corrected chi connectivity index (χ3v) is 4.34. The minimum atomic E-state index is -3.87. The molecule has 0 aliphatic rings. The molecule has 0 heterocycles. The summed E-state index contributed by atoms with van der Waals surface area (Å²) in [7, 11) is -3.87. The fourth-order valence-electron chi connectivity index (χ4n) is 1.60. The van der Waals surface area contributed by atoms with Gasteiger partial charge in [0, 0.05) is 10.7 Å². The zero-order valence-corrected chi connectivity index (χ0v) is 12.8. The van der Waals surface area contributed by atoms with E-state index in [1.807, 2.05) is 0 Å². The molecule has 8 heteroatoms. The van der Waals surface area contributed by atoms with E-state index in [1.54, 1.807) is 24.3 Å². The van der Waals surface area contributed by atoms with Crippen LogP contribution in [-0.2, 0) is 14.8 Å². The van der Waals surface area contributed by atoms with Gasteiger partial charge in [0.2, 0.25) is 15.9 Å². The molecule has 0 fully saturated rings. The molecule has 2 aromatic carbocycles. The van der Waals surface area contributed by atoms with Gasteiger partial charge in [-0.05, 0) is 48.5 Å². The predicted octanol–water partition coefficient (Wildman–Crippen LogP) is 2.40. The molecule has 0 aliphatic carbocycles. The molecule has 5 nitrogen and oxygen atoms in total. The van der Waals surface area contributed by atoms with Crippen LogP contribution >= 0.6 is 11.6 Å². The Balaban J connectivity index is 1.95. The number of sulfonamides is 1. The van der Waals surface area contributed by atoms with Gasteiger partial charge < -0.3 is 5.32 Å². The van der Waals surface area contributed by atoms with Crippen LogP contribution in [0.4, 0.5) is 10.1 Å². The van der Waals surface area contributed by atoms with Gasteiger partial charge in [0.1, 0.15) is 5.82 Å². The van der Waals surface area contributed by atoms with Crippen LogP contribution in [-0.4, -0.2) is 20.9 Å². The Morgan fingerprint density at radius 2 is 1.64 bits per heavy atom. The average molecular weight is 343 g/mol. The van der Waals surface area contributed by atoms with Crippen molar-refractivity contribution in [3.63, 3.8) is 0 Å². The molecular weight excluding hydrogens is 331 g/mol. The van der Waals surface area contributed by atoms with Crippen molar-refractivity contribution < 1.29 is 17.6 Å². The summed E-state index contributed by atoms with van der Waals surface area (Å²) in [4.78, 5) is 11.6. The molecule has 22 heavy (non-hydrogen) atoms. The molecule has 2 N–H and O–H groups in total. The largest absolute Gasteiger partial charge is 0.325 e. The van der Waals surface area contributed by atoms with Gasteiger partial charge in [0.25, 0.3) is 0 Å². The molecule has 0 saturated carbocycles. The quantitative estimate of drug-likeness (QED) is 0.876. The number of amides is 1. The topological polar surface area (TPSA) is 75.3 Å². The van der Waals surface area contributed by atoms with E-state index in [1.165, 1.54) is 0 Å². The Labute approximate surface area is 132 Å². The number of anilines is 1. The molecule has 0 bridgehead atoms. The summed E-state index contributed by atoms with van der Waals surface area (Å²) in [6, 6.07) is 10.7. The van der Waals surface area contributed by atoms with Gasteiger partial charge in [-0.25, -0.2) is 17.5 Å². The first kappa shape index (κ1) is 16.4. The first-order chi connectivity index (χ1) is 10.4. The minimum Gasteiger partial charge on any atom is -0.325 e. The number of benzene rings is 2. The highest BCUT2D eigenvalue weighted by atomic mass is 35.5. The smallest absolute Gasteiger partial charge is 0.241 e. The van der Waals surface area contributed by atoms with Crippen LogP contribution in [0.25, 0.3) is 0 Å². The second-order valence-corrected chi connectivity index (χ2v) is 6.54. The lowest BCUT2D eigenvalue weighted by molar-refractivity contribution is -0.115. The zero-order valence-electron chi connectivity index (χ0n) is 11.2. The van der Waals surface area contributed by atoms with Crippen LogP contribution in [0.5, 0.6) is 0 Å². The van der Waals surface area contributed by atoms with Crippen LogP contribution in [0.2, 0.25) is 5.02 Å². The third kappa shape index (κ3) is 4.52. The molecule has 0 aliphatic heterocycles. The number of carbonyl (C=O) groups is 1. The summed E-state index contributed by atoms with van der Waals surface area (Å²) in [5.41, 5.74) is 0.496. The summed E-state index contributed by atoms with van der Waals surface area (Å²) in [6.07, 6.45) is 0. The lowest BCUT2D eigenvalue weighted by atomic mass is 10.3. The molecule has 1 amide bonds. The molecule has 0 saturated heterocycles. The maximum atomic E-state index is 12.8. The molecule has 2 aromatic rings. The number of halogens is 2. The van der Waals surface area contributed by atoms with E-state index < -0.39 is 28.3 Å². The standard InChI is InChI=1S/C14H12ClFN2O3S/c15-10-1-5-12(6-2-10)18-14(19)9-17-22(20,21)13-7-3-11(16)4-8-13/h1-8,17H,9H2,(H,18,19). The number of hydrogen-bond acceptors (Lipinski definition) is 3. The van der Waals surface area contributed by atoms with E-state index in [-0.39, 0.29) is 4.90 Å². The molecule has 0 aromatic heterocycles. The first-order valence-electron chi connectivity index (χ1n) is 6.17. The number of rotatable bonds is 5. The SMILES string of the molecule is O=C(CNS(=O)(=O)c1ccc(F)cc1)Nc1ccc(Cl)cc1. The van der Waals surface area contributed by atoms with Crippen molar-refractivity contribution in [1.82, 2.24) is 4.72 Å². The second-order valence-electron chi connectivity index (χ2n) is 4.33. The molecular formula is C14H12ClFN2O3S. The fraction of sp³-hybridized carbons (Fsp3) is 0.0714. The second kappa shape index (κ2) is 6.87. The molecule has 0 atom stereocenters. The number of nitrogens with one attached hydrogen (secondary N) is 2. The summed E-state index contributed by atoms with van der Waals surface area (Å²) >= 11 is 5.72. The fourth-order valence-corrected chi connectivity index (χ4v) is 2.70. The highest BCUT2D eigenvalue weighted by Gasteiger charge is 2.15. The monoisotopic (exact) mass is 342 g/mol. The highest BCUT2D eigenvalue weighted by Crippen LogP contribution is 2.13. The third-order valence-electron chi connectivity index (χ3n) is 2.67. The molecule has 0 unspecified atom stereocenters. The summed E-state index contributed by atoms with van der Waals surface area (Å²) in [5, 5.41) is 3.04. The summed E-state index contributed by atoms with van der Waals surface area (Å²) in [5.74, 6) is -1.08. The van der Waals surface area contributed by atoms with Crippen LogP contribution in [0.15, 0.2) is 53.4 Å². The van der Waals surface area contributed by atoms with E-state index in [0.29, 0.717) is 10.7 Å². The van der Waals surface area contributed by atoms with Gasteiger partial charge in [-0.15, -0.1) is 0 Å². The van der Waals surface area contributed by atoms with E-state index in [2.05, 4.69) is 10.0 Å². The van der Waals surface area contributed by atoms with Gasteiger partial charge in [0.05, 0.1) is 11.4 Å². The highest BCUT2D eigenvalue weighted by molar-refractivity contribution is 7.89. The average Bonchev–Trinajstić information content (AvgIpc) is 2.48. The van der Waals surface area contributed by atoms with Crippen molar-refractivity contribution in [2.45, 2.75) is 4.90 Å². The van der Waals surface area contributed by atoms with Crippen molar-refractivity contribution >= 4 is 33.2 Å². The van der Waals surface area contributed by atoms with Crippen molar-refractivity contribution in [2.75, 3.05) is 11.9 Å². The summed E-state index contributed by atoms with van der Waals surface area (Å²) < 4.78 is 38.7. The van der Waals surface area contributed by atoms with Crippen molar-refractivity contribution in [2.24, 2.45) is 0 Å². The Kier molecular flexibility index (Phi) is 5.12. The molecule has 0 radical (unpaired) electrons.